The SMILES string of the molecule is FC(F)c1nnc2ccc(Sc3nnc(-c4cccnc4)n3-c3ccccc3)nn12. The highest BCUT2D eigenvalue weighted by Gasteiger charge is 2.20. The Morgan fingerprint density at radius 1 is 0.867 bits per heavy atom. The minimum Gasteiger partial charge on any atom is -0.270 e. The summed E-state index contributed by atoms with van der Waals surface area (Å²) < 4.78 is 29.2. The summed E-state index contributed by atoms with van der Waals surface area (Å²) in [5.41, 5.74) is 1.89. The van der Waals surface area contributed by atoms with Crippen molar-refractivity contribution in [2.75, 3.05) is 0 Å². The molecule has 1 aromatic carbocycles. The number of benzene rings is 1. The molecule has 30 heavy (non-hydrogen) atoms. The molecule has 0 aliphatic heterocycles. The summed E-state index contributed by atoms with van der Waals surface area (Å²) >= 11 is 1.20. The monoisotopic (exact) mass is 422 g/mol. The van der Waals surface area contributed by atoms with Gasteiger partial charge in [0, 0.05) is 23.6 Å². The van der Waals surface area contributed by atoms with Gasteiger partial charge in [0.1, 0.15) is 5.03 Å². The van der Waals surface area contributed by atoms with Gasteiger partial charge < -0.3 is 0 Å². The Morgan fingerprint density at radius 2 is 1.73 bits per heavy atom. The smallest absolute Gasteiger partial charge is 0.270 e. The third-order valence-electron chi connectivity index (χ3n) is 4.22. The van der Waals surface area contributed by atoms with E-state index in [1.54, 1.807) is 24.5 Å². The van der Waals surface area contributed by atoms with Crippen molar-refractivity contribution >= 4 is 17.4 Å². The van der Waals surface area contributed by atoms with Crippen LogP contribution < -0.4 is 0 Å². The first-order valence-electron chi connectivity index (χ1n) is 8.80. The molecule has 0 radical (unpaired) electrons. The van der Waals surface area contributed by atoms with Crippen LogP contribution in [0.15, 0.2) is 77.2 Å². The summed E-state index contributed by atoms with van der Waals surface area (Å²) in [7, 11) is 0. The second kappa shape index (κ2) is 7.59. The standard InChI is InChI=1S/C19H12F2N8S/c20-16(21)18-25-23-14-8-9-15(27-29(14)18)30-19-26-24-17(12-5-4-10-22-11-12)28(19)13-6-2-1-3-7-13/h1-11,16H. The molecular formula is C19H12F2N8S. The molecule has 11 heteroatoms. The van der Waals surface area contributed by atoms with Gasteiger partial charge in [-0.25, -0.2) is 8.78 Å². The fraction of sp³-hybridized carbons (Fsp3) is 0.0526. The lowest BCUT2D eigenvalue weighted by Gasteiger charge is -2.10. The second-order valence-corrected chi connectivity index (χ2v) is 7.11. The van der Waals surface area contributed by atoms with Crippen molar-refractivity contribution in [1.29, 1.82) is 0 Å². The van der Waals surface area contributed by atoms with Crippen LogP contribution in [-0.2, 0) is 0 Å². The maximum Gasteiger partial charge on any atom is 0.299 e. The Kier molecular flexibility index (Phi) is 4.64. The van der Waals surface area contributed by atoms with Crippen LogP contribution in [0.1, 0.15) is 12.2 Å². The Balaban J connectivity index is 1.61. The van der Waals surface area contributed by atoms with Crippen molar-refractivity contribution in [3.05, 3.63) is 72.8 Å². The Labute approximate surface area is 172 Å². The molecule has 0 saturated heterocycles. The summed E-state index contributed by atoms with van der Waals surface area (Å²) in [5.74, 6) is 0.100. The number of halogens is 2. The highest BCUT2D eigenvalue weighted by Crippen LogP contribution is 2.31. The van der Waals surface area contributed by atoms with Crippen molar-refractivity contribution in [3.63, 3.8) is 0 Å². The lowest BCUT2D eigenvalue weighted by Crippen LogP contribution is -2.02. The lowest BCUT2D eigenvalue weighted by molar-refractivity contribution is 0.137. The normalized spacial score (nSPS) is 11.4. The van der Waals surface area contributed by atoms with Gasteiger partial charge >= 0.3 is 0 Å². The first kappa shape index (κ1) is 18.3. The molecule has 0 fully saturated rings. The predicted octanol–water partition coefficient (Wildman–Crippen LogP) is 3.86. The third kappa shape index (κ3) is 3.28. The molecule has 5 rings (SSSR count). The summed E-state index contributed by atoms with van der Waals surface area (Å²) in [6, 6.07) is 16.6. The van der Waals surface area contributed by atoms with Crippen LogP contribution in [0.4, 0.5) is 8.78 Å². The van der Waals surface area contributed by atoms with Crippen molar-refractivity contribution in [2.24, 2.45) is 0 Å². The molecule has 8 nitrogen and oxygen atoms in total. The zero-order chi connectivity index (χ0) is 20.5. The molecule has 0 bridgehead atoms. The van der Waals surface area contributed by atoms with Gasteiger partial charge in [0.25, 0.3) is 6.43 Å². The van der Waals surface area contributed by atoms with Gasteiger partial charge in [-0.05, 0) is 48.2 Å². The number of hydrogen-bond donors (Lipinski definition) is 0. The van der Waals surface area contributed by atoms with Crippen LogP contribution in [0.3, 0.4) is 0 Å². The molecule has 4 aromatic heterocycles. The molecule has 0 N–H and O–H groups in total. The molecule has 148 valence electrons. The number of nitrogens with zero attached hydrogens (tertiary/aromatic N) is 8. The van der Waals surface area contributed by atoms with Crippen molar-refractivity contribution in [2.45, 2.75) is 16.6 Å². The highest BCUT2D eigenvalue weighted by atomic mass is 32.2. The summed E-state index contributed by atoms with van der Waals surface area (Å²) in [6.07, 6.45) is 0.605. The van der Waals surface area contributed by atoms with Crippen molar-refractivity contribution in [3.8, 4) is 17.1 Å². The van der Waals surface area contributed by atoms with Gasteiger partial charge in [0.05, 0.1) is 0 Å². The highest BCUT2D eigenvalue weighted by molar-refractivity contribution is 7.99. The number of para-hydroxylation sites is 1. The molecule has 0 amide bonds. The predicted molar refractivity (Wildman–Crippen MR) is 104 cm³/mol. The van der Waals surface area contributed by atoms with Crippen LogP contribution in [-0.4, -0.2) is 39.6 Å². The van der Waals surface area contributed by atoms with E-state index in [9.17, 15) is 8.78 Å². The fourth-order valence-corrected chi connectivity index (χ4v) is 3.71. The van der Waals surface area contributed by atoms with Gasteiger partial charge in [-0.2, -0.15) is 9.61 Å². The lowest BCUT2D eigenvalue weighted by atomic mass is 10.2. The van der Waals surface area contributed by atoms with E-state index in [4.69, 9.17) is 0 Å². The maximum absolute atomic E-state index is 13.2. The van der Waals surface area contributed by atoms with E-state index in [0.29, 0.717) is 16.0 Å². The third-order valence-corrected chi connectivity index (χ3v) is 5.09. The number of hydrogen-bond acceptors (Lipinski definition) is 7. The number of fused-ring (bicyclic) bond motifs is 1. The van der Waals surface area contributed by atoms with Gasteiger partial charge in [0.2, 0.25) is 11.0 Å². The van der Waals surface area contributed by atoms with Gasteiger partial charge in [-0.15, -0.1) is 20.4 Å². The summed E-state index contributed by atoms with van der Waals surface area (Å²) in [4.78, 5) is 4.16. The Bertz CT molecular complexity index is 1300. The maximum atomic E-state index is 13.2. The first-order chi connectivity index (χ1) is 14.7. The number of alkyl halides is 2. The minimum absolute atomic E-state index is 0.246. The van der Waals surface area contributed by atoms with Crippen LogP contribution >= 0.6 is 11.8 Å². The number of aromatic nitrogens is 8. The van der Waals surface area contributed by atoms with Crippen LogP contribution in [0.5, 0.6) is 0 Å². The van der Waals surface area contributed by atoms with Gasteiger partial charge in [0.15, 0.2) is 11.5 Å². The van der Waals surface area contributed by atoms with Crippen molar-refractivity contribution < 1.29 is 8.78 Å². The zero-order valence-corrected chi connectivity index (χ0v) is 16.0. The van der Waals surface area contributed by atoms with E-state index < -0.39 is 12.2 Å². The first-order valence-corrected chi connectivity index (χ1v) is 9.62. The molecule has 4 heterocycles. The number of pyridine rings is 1. The fourth-order valence-electron chi connectivity index (χ4n) is 2.90. The average molecular weight is 422 g/mol. The summed E-state index contributed by atoms with van der Waals surface area (Å²) in [5, 5.41) is 21.1. The molecule has 0 aliphatic carbocycles. The number of rotatable bonds is 5. The molecular weight excluding hydrogens is 410 g/mol. The quantitative estimate of drug-likeness (QED) is 0.425. The molecule has 0 spiro atoms. The van der Waals surface area contributed by atoms with E-state index in [-0.39, 0.29) is 5.65 Å². The molecule has 0 aliphatic rings. The van der Waals surface area contributed by atoms with E-state index in [1.807, 2.05) is 47.0 Å². The Hall–Kier alpha value is -3.73. The van der Waals surface area contributed by atoms with E-state index in [0.717, 1.165) is 15.8 Å². The van der Waals surface area contributed by atoms with E-state index in [2.05, 4.69) is 30.5 Å². The van der Waals surface area contributed by atoms with Crippen LogP contribution in [0.25, 0.3) is 22.7 Å². The van der Waals surface area contributed by atoms with Crippen molar-refractivity contribution in [1.82, 2.24) is 39.6 Å². The van der Waals surface area contributed by atoms with E-state index >= 15 is 0 Å². The second-order valence-electron chi connectivity index (χ2n) is 6.12. The van der Waals surface area contributed by atoms with E-state index in [1.165, 1.54) is 11.8 Å². The topological polar surface area (TPSA) is 86.7 Å². The van der Waals surface area contributed by atoms with Crippen LogP contribution in [0.2, 0.25) is 0 Å². The molecule has 0 atom stereocenters. The minimum atomic E-state index is -2.78. The average Bonchev–Trinajstić information content (AvgIpc) is 3.39. The zero-order valence-electron chi connectivity index (χ0n) is 15.2. The largest absolute Gasteiger partial charge is 0.299 e. The Morgan fingerprint density at radius 3 is 2.50 bits per heavy atom. The van der Waals surface area contributed by atoms with Crippen LogP contribution in [0, 0.1) is 0 Å². The molecule has 5 aromatic rings. The molecule has 0 saturated carbocycles. The van der Waals surface area contributed by atoms with Gasteiger partial charge in [-0.1, -0.05) is 18.2 Å². The summed E-state index contributed by atoms with van der Waals surface area (Å²) in [6.45, 7) is 0. The van der Waals surface area contributed by atoms with Gasteiger partial charge in [-0.3, -0.25) is 9.55 Å². The molecule has 0 unspecified atom stereocenters.